The number of aliphatic imine (C=N–C) groups is 2. The average molecular weight is 435 g/mol. The summed E-state index contributed by atoms with van der Waals surface area (Å²) in [6.07, 6.45) is 1.92. The minimum Gasteiger partial charge on any atom is -0.353 e. The summed E-state index contributed by atoms with van der Waals surface area (Å²) < 4.78 is 0. The van der Waals surface area contributed by atoms with Gasteiger partial charge in [-0.1, -0.05) is 29.8 Å². The van der Waals surface area contributed by atoms with E-state index in [0.717, 1.165) is 58.5 Å². The molecular formula is C24H27ClN6. The third-order valence-corrected chi connectivity index (χ3v) is 6.87. The van der Waals surface area contributed by atoms with E-state index in [1.54, 1.807) is 0 Å². The maximum atomic E-state index is 6.57. The largest absolute Gasteiger partial charge is 0.353 e. The van der Waals surface area contributed by atoms with Crippen molar-refractivity contribution >= 4 is 34.7 Å². The first-order valence-corrected chi connectivity index (χ1v) is 11.1. The van der Waals surface area contributed by atoms with Crippen LogP contribution < -0.4 is 10.2 Å². The number of aromatic nitrogens is 1. The summed E-state index contributed by atoms with van der Waals surface area (Å²) in [4.78, 5) is 19.3. The normalized spacial score (nSPS) is 23.6. The van der Waals surface area contributed by atoms with Crippen molar-refractivity contribution < 1.29 is 0 Å². The van der Waals surface area contributed by atoms with Gasteiger partial charge in [-0.05, 0) is 39.5 Å². The van der Waals surface area contributed by atoms with Crippen LogP contribution in [0.2, 0.25) is 5.02 Å². The molecule has 0 spiro atoms. The lowest BCUT2D eigenvalue weighted by molar-refractivity contribution is 0.169. The summed E-state index contributed by atoms with van der Waals surface area (Å²) >= 11 is 6.57. The highest BCUT2D eigenvalue weighted by atomic mass is 35.5. The predicted molar refractivity (Wildman–Crippen MR) is 129 cm³/mol. The zero-order chi connectivity index (χ0) is 21.7. The molecule has 31 heavy (non-hydrogen) atoms. The van der Waals surface area contributed by atoms with Gasteiger partial charge in [-0.3, -0.25) is 9.89 Å². The molecule has 7 heteroatoms. The quantitative estimate of drug-likeness (QED) is 0.769. The number of amidine groups is 1. The van der Waals surface area contributed by atoms with E-state index in [0.29, 0.717) is 23.7 Å². The van der Waals surface area contributed by atoms with Gasteiger partial charge in [0.15, 0.2) is 5.84 Å². The number of hydrogen-bond donors (Lipinski definition) is 1. The molecule has 1 aromatic carbocycles. The van der Waals surface area contributed by atoms with Crippen molar-refractivity contribution in [1.82, 2.24) is 9.88 Å². The molecule has 6 nitrogen and oxygen atoms in total. The first kappa shape index (κ1) is 20.2. The average Bonchev–Trinajstić information content (AvgIpc) is 3.00. The second-order valence-corrected chi connectivity index (χ2v) is 9.12. The molecule has 0 amide bonds. The molecule has 1 fully saturated rings. The topological polar surface area (TPSA) is 56.1 Å². The number of nitrogens with one attached hydrogen (secondary N) is 1. The summed E-state index contributed by atoms with van der Waals surface area (Å²) in [5.74, 6) is 1.79. The smallest absolute Gasteiger partial charge is 0.152 e. The summed E-state index contributed by atoms with van der Waals surface area (Å²) in [7, 11) is 2.19. The van der Waals surface area contributed by atoms with Crippen LogP contribution in [0, 0.1) is 0 Å². The Kier molecular flexibility index (Phi) is 5.07. The van der Waals surface area contributed by atoms with Crippen LogP contribution in [0.15, 0.2) is 57.8 Å². The molecule has 4 heterocycles. The molecule has 5 rings (SSSR count). The Hall–Kier alpha value is -2.70. The van der Waals surface area contributed by atoms with E-state index in [4.69, 9.17) is 21.6 Å². The van der Waals surface area contributed by atoms with Gasteiger partial charge in [0, 0.05) is 53.6 Å². The van der Waals surface area contributed by atoms with E-state index < -0.39 is 0 Å². The molecule has 0 bridgehead atoms. The molecule has 160 valence electrons. The number of halogens is 1. The van der Waals surface area contributed by atoms with Gasteiger partial charge < -0.3 is 10.2 Å². The van der Waals surface area contributed by atoms with Gasteiger partial charge in [-0.15, -0.1) is 0 Å². The van der Waals surface area contributed by atoms with Gasteiger partial charge in [0.2, 0.25) is 0 Å². The number of piperazine rings is 1. The van der Waals surface area contributed by atoms with Crippen molar-refractivity contribution in [2.75, 3.05) is 36.9 Å². The number of rotatable bonds is 2. The van der Waals surface area contributed by atoms with Crippen LogP contribution in [-0.4, -0.2) is 60.2 Å². The third-order valence-electron chi connectivity index (χ3n) is 6.54. The van der Waals surface area contributed by atoms with Gasteiger partial charge in [-0.2, -0.15) is 0 Å². The van der Waals surface area contributed by atoms with E-state index in [9.17, 15) is 0 Å². The molecule has 1 aromatic heterocycles. The second-order valence-electron chi connectivity index (χ2n) is 8.72. The number of benzene rings is 1. The number of anilines is 2. The summed E-state index contributed by atoms with van der Waals surface area (Å²) in [6.45, 7) is 9.16. The Morgan fingerprint density at radius 1 is 1.10 bits per heavy atom. The lowest BCUT2D eigenvalue weighted by atomic mass is 10.0. The van der Waals surface area contributed by atoms with Crippen molar-refractivity contribution in [1.29, 1.82) is 0 Å². The molecule has 0 aliphatic carbocycles. The van der Waals surface area contributed by atoms with E-state index in [1.165, 1.54) is 0 Å². The Balaban J connectivity index is 1.61. The molecule has 3 aliphatic heterocycles. The lowest BCUT2D eigenvalue weighted by Crippen LogP contribution is -2.55. The third kappa shape index (κ3) is 3.54. The fraction of sp³-hybridized carbons (Fsp3) is 0.375. The van der Waals surface area contributed by atoms with Crippen LogP contribution in [0.5, 0.6) is 0 Å². The zero-order valence-corrected chi connectivity index (χ0v) is 19.1. The minimum atomic E-state index is 0.467. The summed E-state index contributed by atoms with van der Waals surface area (Å²) in [5, 5.41) is 4.21. The van der Waals surface area contributed by atoms with Crippen molar-refractivity contribution in [3.63, 3.8) is 0 Å². The number of fused-ring (bicyclic) bond motifs is 2. The number of likely N-dealkylation sites (N-methyl/N-ethyl adjacent to an activating group) is 1. The van der Waals surface area contributed by atoms with Gasteiger partial charge in [0.1, 0.15) is 11.5 Å². The zero-order valence-electron chi connectivity index (χ0n) is 18.4. The van der Waals surface area contributed by atoms with Crippen LogP contribution in [0.3, 0.4) is 0 Å². The Labute approximate surface area is 188 Å². The van der Waals surface area contributed by atoms with Gasteiger partial charge >= 0.3 is 0 Å². The van der Waals surface area contributed by atoms with Gasteiger partial charge in [0.05, 0.1) is 17.9 Å². The lowest BCUT2D eigenvalue weighted by Gasteiger charge is -2.43. The first-order valence-electron chi connectivity index (χ1n) is 10.7. The van der Waals surface area contributed by atoms with Crippen LogP contribution in [-0.2, 0) is 0 Å². The molecule has 3 aliphatic rings. The van der Waals surface area contributed by atoms with E-state index in [2.05, 4.69) is 54.0 Å². The second kappa shape index (κ2) is 7.77. The maximum Gasteiger partial charge on any atom is 0.152 e. The van der Waals surface area contributed by atoms with Crippen LogP contribution in [0.25, 0.3) is 0 Å². The molecule has 1 N–H and O–H groups in total. The van der Waals surface area contributed by atoms with Crippen molar-refractivity contribution in [2.24, 2.45) is 9.98 Å². The molecule has 0 unspecified atom stereocenters. The van der Waals surface area contributed by atoms with Crippen molar-refractivity contribution in [3.05, 3.63) is 63.9 Å². The number of nitrogens with zero attached hydrogens (tertiary/aromatic N) is 5. The predicted octanol–water partition coefficient (Wildman–Crippen LogP) is 4.21. The van der Waals surface area contributed by atoms with E-state index in [-0.39, 0.29) is 0 Å². The van der Waals surface area contributed by atoms with Crippen molar-refractivity contribution in [3.8, 4) is 0 Å². The standard InChI is InChI=1S/C24H27ClN6/c1-14-10-27-24-22(14)29-23(17-7-5-6-8-19(17)25)18-11-26-21(9-20(18)28-24)31-12-15(2)30(4)16(3)13-31/h5-9,11,15-16H,10,12-13H2,1-4H3,(H,27,28)/t15-,16+. The fourth-order valence-corrected chi connectivity index (χ4v) is 4.68. The Morgan fingerprint density at radius 2 is 1.84 bits per heavy atom. The highest BCUT2D eigenvalue weighted by Gasteiger charge is 2.30. The van der Waals surface area contributed by atoms with E-state index in [1.807, 2.05) is 30.5 Å². The molecule has 1 saturated heterocycles. The maximum absolute atomic E-state index is 6.57. The fourth-order valence-electron chi connectivity index (χ4n) is 4.46. The number of hydrogen-bond acceptors (Lipinski definition) is 6. The molecule has 0 saturated carbocycles. The van der Waals surface area contributed by atoms with Crippen LogP contribution >= 0.6 is 11.6 Å². The molecular weight excluding hydrogens is 408 g/mol. The summed E-state index contributed by atoms with van der Waals surface area (Å²) in [5.41, 5.74) is 5.67. The number of pyridine rings is 1. The van der Waals surface area contributed by atoms with Crippen molar-refractivity contribution in [2.45, 2.75) is 32.9 Å². The highest BCUT2D eigenvalue weighted by molar-refractivity contribution is 6.36. The highest BCUT2D eigenvalue weighted by Crippen LogP contribution is 2.33. The Bertz CT molecular complexity index is 1120. The minimum absolute atomic E-state index is 0.467. The van der Waals surface area contributed by atoms with E-state index >= 15 is 0 Å². The SMILES string of the molecule is CC1=C2N=C(c3ccccc3Cl)c3cnc(N4C[C@@H](C)N(C)[C@@H](C)C4)cc3NC2=NC1. The van der Waals surface area contributed by atoms with Crippen LogP contribution in [0.1, 0.15) is 31.9 Å². The Morgan fingerprint density at radius 3 is 2.58 bits per heavy atom. The summed E-state index contributed by atoms with van der Waals surface area (Å²) in [6, 6.07) is 10.9. The molecule has 2 aromatic rings. The van der Waals surface area contributed by atoms with Gasteiger partial charge in [0.25, 0.3) is 0 Å². The molecule has 2 atom stereocenters. The molecule has 0 radical (unpaired) electrons. The monoisotopic (exact) mass is 434 g/mol. The van der Waals surface area contributed by atoms with Crippen LogP contribution in [0.4, 0.5) is 11.5 Å². The first-order chi connectivity index (χ1) is 14.9. The van der Waals surface area contributed by atoms with Gasteiger partial charge in [-0.25, -0.2) is 9.98 Å².